The van der Waals surface area contributed by atoms with E-state index in [2.05, 4.69) is 22.6 Å². The van der Waals surface area contributed by atoms with Crippen LogP contribution in [0.1, 0.15) is 41.3 Å². The third-order valence-corrected chi connectivity index (χ3v) is 3.58. The van der Waals surface area contributed by atoms with E-state index in [1.807, 2.05) is 19.1 Å². The molecule has 0 saturated carbocycles. The zero-order valence-corrected chi connectivity index (χ0v) is 11.3. The summed E-state index contributed by atoms with van der Waals surface area (Å²) in [6.45, 7) is 3.81. The first-order valence-corrected chi connectivity index (χ1v) is 6.82. The van der Waals surface area contributed by atoms with E-state index in [9.17, 15) is 4.79 Å². The van der Waals surface area contributed by atoms with Crippen molar-refractivity contribution in [2.24, 2.45) is 0 Å². The quantitative estimate of drug-likeness (QED) is 0.807. The van der Waals surface area contributed by atoms with Crippen molar-refractivity contribution in [3.05, 3.63) is 34.9 Å². The van der Waals surface area contributed by atoms with E-state index >= 15 is 0 Å². The lowest BCUT2D eigenvalue weighted by Crippen LogP contribution is -2.35. The van der Waals surface area contributed by atoms with E-state index in [0.29, 0.717) is 6.42 Å². The molecule has 3 heteroatoms. The van der Waals surface area contributed by atoms with Crippen molar-refractivity contribution in [3.8, 4) is 12.3 Å². The Morgan fingerprint density at radius 3 is 3.16 bits per heavy atom. The minimum Gasteiger partial charge on any atom is -0.348 e. The van der Waals surface area contributed by atoms with Crippen molar-refractivity contribution in [1.29, 1.82) is 0 Å². The van der Waals surface area contributed by atoms with Gasteiger partial charge in [-0.25, -0.2) is 0 Å². The zero-order valence-electron chi connectivity index (χ0n) is 11.3. The minimum absolute atomic E-state index is 0.000787. The second kappa shape index (κ2) is 6.40. The number of benzene rings is 1. The Labute approximate surface area is 114 Å². The summed E-state index contributed by atoms with van der Waals surface area (Å²) >= 11 is 0. The summed E-state index contributed by atoms with van der Waals surface area (Å²) in [5.41, 5.74) is 3.20. The fourth-order valence-electron chi connectivity index (χ4n) is 2.45. The summed E-state index contributed by atoms with van der Waals surface area (Å²) in [6.07, 6.45) is 7.66. The van der Waals surface area contributed by atoms with E-state index in [1.54, 1.807) is 0 Å². The maximum Gasteiger partial charge on any atom is 0.251 e. The number of carbonyl (C=O) groups is 1. The van der Waals surface area contributed by atoms with Crippen LogP contribution in [0.5, 0.6) is 0 Å². The van der Waals surface area contributed by atoms with E-state index in [4.69, 9.17) is 6.42 Å². The number of hydrogen-bond acceptors (Lipinski definition) is 2. The number of fused-ring (bicyclic) bond motifs is 1. The van der Waals surface area contributed by atoms with Crippen LogP contribution in [0.2, 0.25) is 0 Å². The summed E-state index contributed by atoms with van der Waals surface area (Å²) in [6, 6.07) is 6.00. The molecule has 1 heterocycles. The third-order valence-electron chi connectivity index (χ3n) is 3.58. The van der Waals surface area contributed by atoms with E-state index in [0.717, 1.165) is 31.5 Å². The van der Waals surface area contributed by atoms with Crippen molar-refractivity contribution in [2.45, 2.75) is 38.8 Å². The average Bonchev–Trinajstić information content (AvgIpc) is 2.46. The number of hydrogen-bond donors (Lipinski definition) is 2. The molecule has 0 saturated heterocycles. The first-order chi connectivity index (χ1) is 9.26. The van der Waals surface area contributed by atoms with Gasteiger partial charge in [-0.1, -0.05) is 19.1 Å². The molecule has 0 spiro atoms. The van der Waals surface area contributed by atoms with E-state index in [-0.39, 0.29) is 11.9 Å². The van der Waals surface area contributed by atoms with Crippen molar-refractivity contribution in [1.82, 2.24) is 10.6 Å². The van der Waals surface area contributed by atoms with Gasteiger partial charge in [0.2, 0.25) is 0 Å². The summed E-state index contributed by atoms with van der Waals surface area (Å²) in [5.74, 6) is 2.61. The standard InChI is InChI=1S/C16H20N2O/c1-3-6-13(4-2)18-16(19)15-8-5-7-12-11-17-10-9-14(12)15/h1,5,7-8,13,17H,4,6,9-11H2,2H3,(H,18,19). The topological polar surface area (TPSA) is 41.1 Å². The average molecular weight is 256 g/mol. The van der Waals surface area contributed by atoms with Crippen LogP contribution in [0.3, 0.4) is 0 Å². The van der Waals surface area contributed by atoms with Crippen molar-refractivity contribution in [3.63, 3.8) is 0 Å². The Kier molecular flexibility index (Phi) is 4.59. The zero-order chi connectivity index (χ0) is 13.7. The van der Waals surface area contributed by atoms with E-state index < -0.39 is 0 Å². The molecule has 3 nitrogen and oxygen atoms in total. The molecule has 0 bridgehead atoms. The molecule has 1 atom stereocenters. The molecule has 1 unspecified atom stereocenters. The Balaban J connectivity index is 2.17. The first kappa shape index (κ1) is 13.6. The number of terminal acetylenes is 1. The minimum atomic E-state index is 0.000787. The summed E-state index contributed by atoms with van der Waals surface area (Å²) in [4.78, 5) is 12.4. The molecule has 1 amide bonds. The van der Waals surface area contributed by atoms with Gasteiger partial charge >= 0.3 is 0 Å². The lowest BCUT2D eigenvalue weighted by Gasteiger charge is -2.21. The molecule has 2 N–H and O–H groups in total. The smallest absolute Gasteiger partial charge is 0.251 e. The van der Waals surface area contributed by atoms with E-state index in [1.165, 1.54) is 11.1 Å². The van der Waals surface area contributed by atoms with Gasteiger partial charge in [0.15, 0.2) is 0 Å². The normalized spacial score (nSPS) is 15.2. The van der Waals surface area contributed by atoms with Crippen molar-refractivity contribution in [2.75, 3.05) is 6.54 Å². The predicted octanol–water partition coefficient (Wildman–Crippen LogP) is 1.86. The Morgan fingerprint density at radius 2 is 2.42 bits per heavy atom. The monoisotopic (exact) mass is 256 g/mol. The molecule has 1 aromatic rings. The van der Waals surface area contributed by atoms with Gasteiger partial charge in [0.05, 0.1) is 0 Å². The second-order valence-corrected chi connectivity index (χ2v) is 4.86. The van der Waals surface area contributed by atoms with Crippen LogP contribution in [0, 0.1) is 12.3 Å². The highest BCUT2D eigenvalue weighted by Crippen LogP contribution is 2.19. The Morgan fingerprint density at radius 1 is 1.58 bits per heavy atom. The molecule has 1 aliphatic heterocycles. The van der Waals surface area contributed by atoms with Crippen molar-refractivity contribution >= 4 is 5.91 Å². The fraction of sp³-hybridized carbons (Fsp3) is 0.438. The molecular weight excluding hydrogens is 236 g/mol. The number of rotatable bonds is 4. The molecule has 2 rings (SSSR count). The highest BCUT2D eigenvalue weighted by atomic mass is 16.1. The van der Waals surface area contributed by atoms with Crippen LogP contribution in [0.15, 0.2) is 18.2 Å². The molecule has 0 fully saturated rings. The first-order valence-electron chi connectivity index (χ1n) is 6.82. The van der Waals surface area contributed by atoms with Gasteiger partial charge in [-0.15, -0.1) is 12.3 Å². The second-order valence-electron chi connectivity index (χ2n) is 4.86. The fourth-order valence-corrected chi connectivity index (χ4v) is 2.45. The Hall–Kier alpha value is -1.79. The van der Waals surface area contributed by atoms with Gasteiger partial charge in [-0.2, -0.15) is 0 Å². The van der Waals surface area contributed by atoms with Crippen LogP contribution in [-0.2, 0) is 13.0 Å². The van der Waals surface area contributed by atoms with Gasteiger partial charge in [0.25, 0.3) is 5.91 Å². The van der Waals surface area contributed by atoms with Crippen LogP contribution in [0.4, 0.5) is 0 Å². The molecule has 1 aromatic carbocycles. The summed E-state index contributed by atoms with van der Waals surface area (Å²) < 4.78 is 0. The Bertz CT molecular complexity index is 502. The van der Waals surface area contributed by atoms with Gasteiger partial charge < -0.3 is 10.6 Å². The maximum absolute atomic E-state index is 12.4. The molecule has 0 radical (unpaired) electrons. The van der Waals surface area contributed by atoms with Gasteiger partial charge in [-0.05, 0) is 36.6 Å². The highest BCUT2D eigenvalue weighted by molar-refractivity contribution is 5.96. The largest absolute Gasteiger partial charge is 0.348 e. The SMILES string of the molecule is C#CCC(CC)NC(=O)c1cccc2c1CCNC2. The molecule has 0 aliphatic carbocycles. The highest BCUT2D eigenvalue weighted by Gasteiger charge is 2.18. The molecule has 19 heavy (non-hydrogen) atoms. The van der Waals surface area contributed by atoms with Crippen LogP contribution >= 0.6 is 0 Å². The maximum atomic E-state index is 12.4. The predicted molar refractivity (Wildman–Crippen MR) is 76.8 cm³/mol. The number of amides is 1. The van der Waals surface area contributed by atoms with Gasteiger partial charge in [0.1, 0.15) is 0 Å². The lowest BCUT2D eigenvalue weighted by atomic mass is 9.95. The molecule has 100 valence electrons. The van der Waals surface area contributed by atoms with Crippen LogP contribution < -0.4 is 10.6 Å². The summed E-state index contributed by atoms with van der Waals surface area (Å²) in [7, 11) is 0. The third kappa shape index (κ3) is 3.15. The van der Waals surface area contributed by atoms with Gasteiger partial charge in [0, 0.05) is 24.6 Å². The molecule has 0 aromatic heterocycles. The lowest BCUT2D eigenvalue weighted by molar-refractivity contribution is 0.0935. The van der Waals surface area contributed by atoms with Crippen LogP contribution in [0.25, 0.3) is 0 Å². The molecule has 1 aliphatic rings. The van der Waals surface area contributed by atoms with Gasteiger partial charge in [-0.3, -0.25) is 4.79 Å². The van der Waals surface area contributed by atoms with Crippen LogP contribution in [-0.4, -0.2) is 18.5 Å². The molecular formula is C16H20N2O. The number of nitrogens with one attached hydrogen (secondary N) is 2. The summed E-state index contributed by atoms with van der Waals surface area (Å²) in [5, 5.41) is 6.35. The van der Waals surface area contributed by atoms with Crippen molar-refractivity contribution < 1.29 is 4.79 Å². The number of carbonyl (C=O) groups excluding carboxylic acids is 1.